The Labute approximate surface area is 107 Å². The molecule has 3 aromatic rings. The molecule has 2 aromatic heterocycles. The van der Waals surface area contributed by atoms with Crippen LogP contribution in [0.4, 0.5) is 5.95 Å². The Morgan fingerprint density at radius 2 is 2.17 bits per heavy atom. The molecule has 0 saturated carbocycles. The number of H-pyrrole nitrogens is 3. The zero-order valence-electron chi connectivity index (χ0n) is 9.27. The van der Waals surface area contributed by atoms with Gasteiger partial charge in [0, 0.05) is 22.7 Å². The number of rotatable bonds is 3. The van der Waals surface area contributed by atoms with E-state index in [9.17, 15) is 0 Å². The Balaban J connectivity index is 1.82. The molecular formula is C11H10N6S. The van der Waals surface area contributed by atoms with Gasteiger partial charge in [-0.1, -0.05) is 18.2 Å². The SMILES string of the molecule is S=c1nc(N/N=C\c2c[nH]c3ccccc23)[nH][nH]1. The highest BCUT2D eigenvalue weighted by Gasteiger charge is 1.99. The number of anilines is 1. The van der Waals surface area contributed by atoms with Gasteiger partial charge in [-0.3, -0.25) is 10.2 Å². The van der Waals surface area contributed by atoms with Gasteiger partial charge in [-0.25, -0.2) is 5.43 Å². The summed E-state index contributed by atoms with van der Waals surface area (Å²) < 4.78 is 0.389. The van der Waals surface area contributed by atoms with Crippen molar-refractivity contribution >= 4 is 35.3 Å². The van der Waals surface area contributed by atoms with Crippen LogP contribution in [-0.2, 0) is 0 Å². The van der Waals surface area contributed by atoms with E-state index >= 15 is 0 Å². The van der Waals surface area contributed by atoms with Crippen molar-refractivity contribution in [3.8, 4) is 0 Å². The van der Waals surface area contributed by atoms with Crippen molar-refractivity contribution in [3.05, 3.63) is 40.8 Å². The lowest BCUT2D eigenvalue weighted by molar-refractivity contribution is 1.07. The fourth-order valence-electron chi connectivity index (χ4n) is 1.69. The fraction of sp³-hybridized carbons (Fsp3) is 0. The molecule has 0 aliphatic carbocycles. The number of hydrogen-bond acceptors (Lipinski definition) is 4. The number of aromatic amines is 3. The Morgan fingerprint density at radius 3 is 3.00 bits per heavy atom. The molecule has 4 N–H and O–H groups in total. The van der Waals surface area contributed by atoms with Gasteiger partial charge in [0.15, 0.2) is 0 Å². The van der Waals surface area contributed by atoms with Crippen molar-refractivity contribution in [1.82, 2.24) is 20.2 Å². The third kappa shape index (κ3) is 2.03. The summed E-state index contributed by atoms with van der Waals surface area (Å²) in [6.45, 7) is 0. The van der Waals surface area contributed by atoms with Gasteiger partial charge in [-0.2, -0.15) is 10.1 Å². The molecule has 0 unspecified atom stereocenters. The van der Waals surface area contributed by atoms with E-state index in [1.54, 1.807) is 6.21 Å². The van der Waals surface area contributed by atoms with Crippen molar-refractivity contribution in [2.45, 2.75) is 0 Å². The maximum atomic E-state index is 4.83. The summed E-state index contributed by atoms with van der Waals surface area (Å²) in [5.74, 6) is 0.482. The molecule has 7 heteroatoms. The Bertz CT molecular complexity index is 750. The number of nitrogens with zero attached hydrogens (tertiary/aromatic N) is 2. The largest absolute Gasteiger partial charge is 0.361 e. The highest BCUT2D eigenvalue weighted by atomic mass is 32.1. The van der Waals surface area contributed by atoms with Crippen molar-refractivity contribution in [2.75, 3.05) is 5.43 Å². The first-order valence-corrected chi connectivity index (χ1v) is 5.73. The molecule has 1 aromatic carbocycles. The Hall–Kier alpha value is -2.41. The van der Waals surface area contributed by atoms with Crippen LogP contribution < -0.4 is 5.43 Å². The van der Waals surface area contributed by atoms with E-state index in [2.05, 4.69) is 30.7 Å². The average Bonchev–Trinajstić information content (AvgIpc) is 2.97. The lowest BCUT2D eigenvalue weighted by Gasteiger charge is -1.92. The molecule has 0 radical (unpaired) electrons. The van der Waals surface area contributed by atoms with Crippen LogP contribution in [0.5, 0.6) is 0 Å². The van der Waals surface area contributed by atoms with Crippen LogP contribution in [0.15, 0.2) is 35.6 Å². The minimum Gasteiger partial charge on any atom is -0.361 e. The summed E-state index contributed by atoms with van der Waals surface area (Å²) in [4.78, 5) is 7.14. The van der Waals surface area contributed by atoms with Crippen LogP contribution in [0.3, 0.4) is 0 Å². The number of para-hydroxylation sites is 1. The first kappa shape index (κ1) is 10.7. The monoisotopic (exact) mass is 258 g/mol. The fourth-order valence-corrected chi connectivity index (χ4v) is 1.83. The second kappa shape index (κ2) is 4.46. The normalized spacial score (nSPS) is 11.3. The predicted molar refractivity (Wildman–Crippen MR) is 73.3 cm³/mol. The van der Waals surface area contributed by atoms with E-state index in [-0.39, 0.29) is 0 Å². The number of fused-ring (bicyclic) bond motifs is 1. The Kier molecular flexibility index (Phi) is 2.66. The van der Waals surface area contributed by atoms with Gasteiger partial charge in [0.1, 0.15) is 0 Å². The third-order valence-corrected chi connectivity index (χ3v) is 2.69. The molecule has 0 atom stereocenters. The van der Waals surface area contributed by atoms with Crippen molar-refractivity contribution in [2.24, 2.45) is 5.10 Å². The summed E-state index contributed by atoms with van der Waals surface area (Å²) in [6, 6.07) is 8.04. The lowest BCUT2D eigenvalue weighted by atomic mass is 10.2. The lowest BCUT2D eigenvalue weighted by Crippen LogP contribution is -1.91. The molecule has 0 bridgehead atoms. The van der Waals surface area contributed by atoms with Gasteiger partial charge in [0.05, 0.1) is 6.21 Å². The van der Waals surface area contributed by atoms with E-state index < -0.39 is 0 Å². The molecule has 0 spiro atoms. The molecule has 0 amide bonds. The van der Waals surface area contributed by atoms with E-state index in [0.29, 0.717) is 10.7 Å². The molecule has 0 saturated heterocycles. The van der Waals surface area contributed by atoms with Crippen LogP contribution in [0.25, 0.3) is 10.9 Å². The first-order valence-electron chi connectivity index (χ1n) is 5.33. The average molecular weight is 258 g/mol. The predicted octanol–water partition coefficient (Wildman–Crippen LogP) is 2.39. The van der Waals surface area contributed by atoms with Crippen molar-refractivity contribution < 1.29 is 0 Å². The zero-order chi connectivity index (χ0) is 12.4. The first-order chi connectivity index (χ1) is 8.83. The van der Waals surface area contributed by atoms with E-state index in [1.165, 1.54) is 0 Å². The number of hydrazone groups is 1. The van der Waals surface area contributed by atoms with Gasteiger partial charge in [0.2, 0.25) is 10.7 Å². The number of benzene rings is 1. The highest BCUT2D eigenvalue weighted by Crippen LogP contribution is 2.15. The van der Waals surface area contributed by atoms with Crippen molar-refractivity contribution in [3.63, 3.8) is 0 Å². The van der Waals surface area contributed by atoms with Gasteiger partial charge in [-0.15, -0.1) is 0 Å². The molecule has 2 heterocycles. The quantitative estimate of drug-likeness (QED) is 0.330. The second-order valence-electron chi connectivity index (χ2n) is 3.68. The van der Waals surface area contributed by atoms with Gasteiger partial charge in [-0.05, 0) is 18.3 Å². The molecule has 0 aliphatic heterocycles. The van der Waals surface area contributed by atoms with Crippen LogP contribution in [0.1, 0.15) is 5.56 Å². The summed E-state index contributed by atoms with van der Waals surface area (Å²) in [5, 5.41) is 10.6. The Morgan fingerprint density at radius 1 is 1.28 bits per heavy atom. The minimum atomic E-state index is 0.389. The number of nitrogens with one attached hydrogen (secondary N) is 4. The maximum absolute atomic E-state index is 4.83. The zero-order valence-corrected chi connectivity index (χ0v) is 10.1. The van der Waals surface area contributed by atoms with Crippen LogP contribution >= 0.6 is 12.2 Å². The van der Waals surface area contributed by atoms with Crippen LogP contribution in [0.2, 0.25) is 0 Å². The standard InChI is InChI=1S/C11H10N6S/c18-11-14-10(16-17-11)15-13-6-7-5-12-9-4-2-1-3-8(7)9/h1-6,12H,(H3,14,15,16,17,18)/b13-6-. The summed E-state index contributed by atoms with van der Waals surface area (Å²) >= 11 is 4.83. The van der Waals surface area contributed by atoms with Gasteiger partial charge < -0.3 is 4.98 Å². The molecule has 3 rings (SSSR count). The smallest absolute Gasteiger partial charge is 0.238 e. The maximum Gasteiger partial charge on any atom is 0.238 e. The summed E-state index contributed by atoms with van der Waals surface area (Å²) in [5.41, 5.74) is 4.85. The van der Waals surface area contributed by atoms with Crippen LogP contribution in [0, 0.1) is 4.77 Å². The molecule has 6 nitrogen and oxygen atoms in total. The van der Waals surface area contributed by atoms with Crippen molar-refractivity contribution in [1.29, 1.82) is 0 Å². The van der Waals surface area contributed by atoms with Gasteiger partial charge >= 0.3 is 0 Å². The van der Waals surface area contributed by atoms with Crippen LogP contribution in [-0.4, -0.2) is 26.4 Å². The van der Waals surface area contributed by atoms with E-state index in [0.717, 1.165) is 16.5 Å². The third-order valence-electron chi connectivity index (χ3n) is 2.50. The molecule has 0 fully saturated rings. The highest BCUT2D eigenvalue weighted by molar-refractivity contribution is 7.71. The molecule has 18 heavy (non-hydrogen) atoms. The van der Waals surface area contributed by atoms with Gasteiger partial charge in [0.25, 0.3) is 0 Å². The topological polar surface area (TPSA) is 84.7 Å². The minimum absolute atomic E-state index is 0.389. The van der Waals surface area contributed by atoms with E-state index in [1.807, 2.05) is 30.5 Å². The molecular weight excluding hydrogens is 248 g/mol. The molecule has 0 aliphatic rings. The number of aromatic nitrogens is 4. The molecule has 90 valence electrons. The summed E-state index contributed by atoms with van der Waals surface area (Å²) in [6.07, 6.45) is 3.63. The second-order valence-corrected chi connectivity index (χ2v) is 4.06. The van der Waals surface area contributed by atoms with E-state index in [4.69, 9.17) is 12.2 Å². The number of hydrogen-bond donors (Lipinski definition) is 4. The summed E-state index contributed by atoms with van der Waals surface area (Å²) in [7, 11) is 0.